The Bertz CT molecular complexity index is 789. The van der Waals surface area contributed by atoms with Crippen LogP contribution in [0.3, 0.4) is 0 Å². The van der Waals surface area contributed by atoms with Gasteiger partial charge in [0.1, 0.15) is 0 Å². The minimum atomic E-state index is -0.110. The maximum atomic E-state index is 12.5. The van der Waals surface area contributed by atoms with Crippen LogP contribution in [0.15, 0.2) is 33.9 Å². The normalized spacial score (nSPS) is 27.9. The maximum absolute atomic E-state index is 12.5. The zero-order valence-electron chi connectivity index (χ0n) is 10.3. The maximum Gasteiger partial charge on any atom is 0.273 e. The van der Waals surface area contributed by atoms with Crippen molar-refractivity contribution in [3.8, 4) is 0 Å². The van der Waals surface area contributed by atoms with Crippen molar-refractivity contribution < 1.29 is 5.11 Å². The Morgan fingerprint density at radius 3 is 2.32 bits per heavy atom. The lowest BCUT2D eigenvalue weighted by atomic mass is 10.0. The third-order valence-corrected chi connectivity index (χ3v) is 4.56. The number of nitrogens with zero attached hydrogens (tertiary/aromatic N) is 2. The fourth-order valence-corrected chi connectivity index (χ4v) is 3.72. The number of rotatable bonds is 1. The predicted octanol–water partition coefficient (Wildman–Crippen LogP) is 0.661. The Hall–Kier alpha value is -1.88. The number of fused-ring (bicyclic) bond motifs is 6. The van der Waals surface area contributed by atoms with Crippen LogP contribution >= 0.6 is 0 Å². The van der Waals surface area contributed by atoms with Gasteiger partial charge in [-0.05, 0) is 25.0 Å². The SMILES string of the molecule is O=c1c2ccccc2c(=O)n2n1C1CC(CO)C2C1. The molecule has 19 heavy (non-hydrogen) atoms. The Balaban J connectivity index is 2.13. The molecule has 2 heterocycles. The summed E-state index contributed by atoms with van der Waals surface area (Å²) in [5.41, 5.74) is -0.195. The molecule has 2 aliphatic rings. The summed E-state index contributed by atoms with van der Waals surface area (Å²) in [4.78, 5) is 25.0. The van der Waals surface area contributed by atoms with E-state index in [1.165, 1.54) is 0 Å². The van der Waals surface area contributed by atoms with Crippen LogP contribution in [0.1, 0.15) is 24.9 Å². The molecule has 2 aromatic rings. The lowest BCUT2D eigenvalue weighted by Gasteiger charge is -2.26. The van der Waals surface area contributed by atoms with Crippen LogP contribution in [-0.2, 0) is 0 Å². The Labute approximate surface area is 108 Å². The highest BCUT2D eigenvalue weighted by atomic mass is 16.3. The van der Waals surface area contributed by atoms with Gasteiger partial charge in [0, 0.05) is 12.5 Å². The van der Waals surface area contributed by atoms with Gasteiger partial charge in [0.2, 0.25) is 0 Å². The van der Waals surface area contributed by atoms with Gasteiger partial charge in [-0.2, -0.15) is 0 Å². The third-order valence-electron chi connectivity index (χ3n) is 4.56. The molecule has 1 aromatic carbocycles. The monoisotopic (exact) mass is 258 g/mol. The molecule has 1 aliphatic carbocycles. The van der Waals surface area contributed by atoms with Crippen molar-refractivity contribution in [2.24, 2.45) is 5.92 Å². The van der Waals surface area contributed by atoms with Crippen LogP contribution in [0.4, 0.5) is 0 Å². The van der Waals surface area contributed by atoms with Gasteiger partial charge in [0.25, 0.3) is 11.1 Å². The van der Waals surface area contributed by atoms with Gasteiger partial charge in [-0.25, -0.2) is 9.36 Å². The highest BCUT2D eigenvalue weighted by molar-refractivity contribution is 5.80. The summed E-state index contributed by atoms with van der Waals surface area (Å²) in [5.74, 6) is 0.100. The van der Waals surface area contributed by atoms with Gasteiger partial charge in [-0.1, -0.05) is 12.1 Å². The van der Waals surface area contributed by atoms with Crippen molar-refractivity contribution >= 4 is 10.8 Å². The molecular formula is C14H14N2O3. The molecular weight excluding hydrogens is 244 g/mol. The van der Waals surface area contributed by atoms with Crippen molar-refractivity contribution in [2.75, 3.05) is 6.61 Å². The number of aliphatic hydroxyl groups excluding tert-OH is 1. The Kier molecular flexibility index (Phi) is 2.07. The second-order valence-electron chi connectivity index (χ2n) is 5.48. The summed E-state index contributed by atoms with van der Waals surface area (Å²) in [6.45, 7) is 0.0780. The number of hydrogen-bond donors (Lipinski definition) is 1. The average Bonchev–Trinajstić information content (AvgIpc) is 3.02. The van der Waals surface area contributed by atoms with E-state index >= 15 is 0 Å². The molecule has 2 bridgehead atoms. The fraction of sp³-hybridized carbons (Fsp3) is 0.429. The predicted molar refractivity (Wildman–Crippen MR) is 70.4 cm³/mol. The third kappa shape index (κ3) is 1.23. The van der Waals surface area contributed by atoms with Crippen LogP contribution in [0, 0.1) is 5.92 Å². The molecule has 0 amide bonds. The van der Waals surface area contributed by atoms with Crippen LogP contribution < -0.4 is 11.1 Å². The van der Waals surface area contributed by atoms with Crippen LogP contribution in [0.5, 0.6) is 0 Å². The first-order valence-electron chi connectivity index (χ1n) is 6.59. The molecule has 98 valence electrons. The van der Waals surface area contributed by atoms with Gasteiger partial charge < -0.3 is 5.11 Å². The summed E-state index contributed by atoms with van der Waals surface area (Å²) in [7, 11) is 0. The number of aliphatic hydroxyl groups is 1. The van der Waals surface area contributed by atoms with Crippen LogP contribution in [-0.4, -0.2) is 21.1 Å². The van der Waals surface area contributed by atoms with E-state index in [1.54, 1.807) is 33.6 Å². The fourth-order valence-electron chi connectivity index (χ4n) is 3.72. The van der Waals surface area contributed by atoms with E-state index in [1.807, 2.05) is 0 Å². The minimum Gasteiger partial charge on any atom is -0.396 e. The van der Waals surface area contributed by atoms with Gasteiger partial charge in [-0.15, -0.1) is 0 Å². The summed E-state index contributed by atoms with van der Waals surface area (Å²) < 4.78 is 3.20. The van der Waals surface area contributed by atoms with Gasteiger partial charge in [0.15, 0.2) is 0 Å². The molecule has 1 N–H and O–H groups in total. The molecule has 1 fully saturated rings. The van der Waals surface area contributed by atoms with E-state index < -0.39 is 0 Å². The second kappa shape index (κ2) is 3.57. The molecule has 0 spiro atoms. The smallest absolute Gasteiger partial charge is 0.273 e. The van der Waals surface area contributed by atoms with Crippen LogP contribution in [0.2, 0.25) is 0 Å². The zero-order chi connectivity index (χ0) is 13.1. The highest BCUT2D eigenvalue weighted by Crippen LogP contribution is 2.46. The first kappa shape index (κ1) is 11.0. The first-order chi connectivity index (χ1) is 9.22. The molecule has 1 aliphatic heterocycles. The van der Waals surface area contributed by atoms with Gasteiger partial charge in [0.05, 0.1) is 22.9 Å². The quantitative estimate of drug-likeness (QED) is 0.817. The zero-order valence-corrected chi connectivity index (χ0v) is 10.3. The van der Waals surface area contributed by atoms with E-state index in [4.69, 9.17) is 0 Å². The standard InChI is InChI=1S/C14H14N2O3/c17-7-8-5-9-6-12(8)16-14(19)11-4-2-1-3-10(11)13(18)15(9)16/h1-4,8-9,12,17H,5-7H2. The van der Waals surface area contributed by atoms with Crippen molar-refractivity contribution in [2.45, 2.75) is 24.9 Å². The summed E-state index contributed by atoms with van der Waals surface area (Å²) in [6, 6.07) is 7.00. The van der Waals surface area contributed by atoms with E-state index in [-0.39, 0.29) is 35.7 Å². The first-order valence-corrected chi connectivity index (χ1v) is 6.59. The van der Waals surface area contributed by atoms with Gasteiger partial charge in [-0.3, -0.25) is 9.59 Å². The molecule has 4 rings (SSSR count). The highest BCUT2D eigenvalue weighted by Gasteiger charge is 2.45. The molecule has 1 saturated carbocycles. The van der Waals surface area contributed by atoms with Crippen molar-refractivity contribution in [1.82, 2.24) is 9.36 Å². The number of hydrogen-bond acceptors (Lipinski definition) is 3. The average molecular weight is 258 g/mol. The molecule has 3 atom stereocenters. The largest absolute Gasteiger partial charge is 0.396 e. The van der Waals surface area contributed by atoms with Crippen molar-refractivity contribution in [1.29, 1.82) is 0 Å². The Morgan fingerprint density at radius 1 is 1.05 bits per heavy atom. The molecule has 5 heteroatoms. The molecule has 3 unspecified atom stereocenters. The van der Waals surface area contributed by atoms with E-state index in [9.17, 15) is 14.7 Å². The number of aromatic nitrogens is 2. The van der Waals surface area contributed by atoms with E-state index in [0.29, 0.717) is 10.8 Å². The van der Waals surface area contributed by atoms with E-state index in [0.717, 1.165) is 12.8 Å². The second-order valence-corrected chi connectivity index (χ2v) is 5.48. The van der Waals surface area contributed by atoms with Crippen molar-refractivity contribution in [3.63, 3.8) is 0 Å². The summed E-state index contributed by atoms with van der Waals surface area (Å²) in [5, 5.41) is 10.4. The Morgan fingerprint density at radius 2 is 1.68 bits per heavy atom. The van der Waals surface area contributed by atoms with Gasteiger partial charge >= 0.3 is 0 Å². The molecule has 0 saturated heterocycles. The summed E-state index contributed by atoms with van der Waals surface area (Å²) >= 11 is 0. The molecule has 0 radical (unpaired) electrons. The van der Waals surface area contributed by atoms with E-state index in [2.05, 4.69) is 0 Å². The van der Waals surface area contributed by atoms with Crippen LogP contribution in [0.25, 0.3) is 10.8 Å². The number of benzene rings is 1. The topological polar surface area (TPSA) is 64.2 Å². The minimum absolute atomic E-state index is 0.0280. The van der Waals surface area contributed by atoms with Crippen molar-refractivity contribution in [3.05, 3.63) is 45.0 Å². The lowest BCUT2D eigenvalue weighted by Crippen LogP contribution is -2.42. The lowest BCUT2D eigenvalue weighted by molar-refractivity contribution is 0.162. The molecule has 1 aromatic heterocycles. The summed E-state index contributed by atoms with van der Waals surface area (Å²) in [6.07, 6.45) is 1.58. The molecule has 5 nitrogen and oxygen atoms in total.